The van der Waals surface area contributed by atoms with Gasteiger partial charge in [-0.25, -0.2) is 0 Å². The van der Waals surface area contributed by atoms with Gasteiger partial charge in [-0.05, 0) is 17.7 Å². The van der Waals surface area contributed by atoms with E-state index in [2.05, 4.69) is 28.1 Å². The van der Waals surface area contributed by atoms with Crippen molar-refractivity contribution in [1.82, 2.24) is 0 Å². The first-order chi connectivity index (χ1) is 6.22. The summed E-state index contributed by atoms with van der Waals surface area (Å²) in [6, 6.07) is 8.26. The van der Waals surface area contributed by atoms with Crippen LogP contribution in [0.4, 0.5) is 0 Å². The zero-order valence-electron chi connectivity index (χ0n) is 7.53. The van der Waals surface area contributed by atoms with Crippen molar-refractivity contribution in [1.29, 1.82) is 0 Å². The van der Waals surface area contributed by atoms with Crippen LogP contribution in [0.5, 0.6) is 0 Å². The highest BCUT2D eigenvalue weighted by Gasteiger charge is 2.00. The molecule has 0 aliphatic rings. The second-order valence-electron chi connectivity index (χ2n) is 2.93. The SMILES string of the molecule is CC(CO)SCc1cccc(Br)c1. The Morgan fingerprint density at radius 1 is 1.54 bits per heavy atom. The smallest absolute Gasteiger partial charge is 0.0547 e. The van der Waals surface area contributed by atoms with Crippen molar-refractivity contribution in [2.75, 3.05) is 6.61 Å². The van der Waals surface area contributed by atoms with Gasteiger partial charge >= 0.3 is 0 Å². The van der Waals surface area contributed by atoms with E-state index in [0.717, 1.165) is 10.2 Å². The van der Waals surface area contributed by atoms with Gasteiger partial charge in [-0.2, -0.15) is 11.8 Å². The molecule has 0 aliphatic heterocycles. The highest BCUT2D eigenvalue weighted by molar-refractivity contribution is 9.10. The molecule has 0 aliphatic carbocycles. The summed E-state index contributed by atoms with van der Waals surface area (Å²) in [6.45, 7) is 2.28. The van der Waals surface area contributed by atoms with Gasteiger partial charge in [-0.3, -0.25) is 0 Å². The van der Waals surface area contributed by atoms with Crippen molar-refractivity contribution in [3.05, 3.63) is 34.3 Å². The summed E-state index contributed by atoms with van der Waals surface area (Å²) in [5.74, 6) is 0.959. The minimum atomic E-state index is 0.249. The summed E-state index contributed by atoms with van der Waals surface area (Å²) in [7, 11) is 0. The third-order valence-corrected chi connectivity index (χ3v) is 3.39. The zero-order valence-corrected chi connectivity index (χ0v) is 9.94. The van der Waals surface area contributed by atoms with Crippen molar-refractivity contribution in [3.63, 3.8) is 0 Å². The van der Waals surface area contributed by atoms with E-state index < -0.39 is 0 Å². The molecule has 0 bridgehead atoms. The molecule has 72 valence electrons. The van der Waals surface area contributed by atoms with Crippen LogP contribution >= 0.6 is 27.7 Å². The van der Waals surface area contributed by atoms with Gasteiger partial charge in [-0.15, -0.1) is 0 Å². The summed E-state index contributed by atoms with van der Waals surface area (Å²) in [6.07, 6.45) is 0. The van der Waals surface area contributed by atoms with Gasteiger partial charge < -0.3 is 5.11 Å². The quantitative estimate of drug-likeness (QED) is 0.898. The summed E-state index contributed by atoms with van der Waals surface area (Å²) in [5.41, 5.74) is 1.29. The Labute approximate surface area is 91.7 Å². The molecule has 1 unspecified atom stereocenters. The molecule has 0 fully saturated rings. The van der Waals surface area contributed by atoms with Crippen LogP contribution in [0.3, 0.4) is 0 Å². The molecule has 0 amide bonds. The standard InChI is InChI=1S/C10H13BrOS/c1-8(6-12)13-7-9-3-2-4-10(11)5-9/h2-5,8,12H,6-7H2,1H3. The third-order valence-electron chi connectivity index (χ3n) is 1.68. The molecule has 0 heterocycles. The maximum atomic E-state index is 8.84. The van der Waals surface area contributed by atoms with Crippen molar-refractivity contribution in [2.24, 2.45) is 0 Å². The summed E-state index contributed by atoms with van der Waals surface area (Å²) in [4.78, 5) is 0. The molecule has 1 rings (SSSR count). The predicted octanol–water partition coefficient (Wildman–Crippen LogP) is 3.06. The van der Waals surface area contributed by atoms with Crippen LogP contribution in [0.25, 0.3) is 0 Å². The summed E-state index contributed by atoms with van der Waals surface area (Å²) in [5, 5.41) is 9.16. The number of rotatable bonds is 4. The molecule has 0 aromatic heterocycles. The minimum absolute atomic E-state index is 0.249. The number of hydrogen-bond donors (Lipinski definition) is 1. The number of benzene rings is 1. The first-order valence-electron chi connectivity index (χ1n) is 4.19. The highest BCUT2D eigenvalue weighted by atomic mass is 79.9. The van der Waals surface area contributed by atoms with Crippen LogP contribution in [-0.2, 0) is 5.75 Å². The van der Waals surface area contributed by atoms with Crippen molar-refractivity contribution in [2.45, 2.75) is 17.9 Å². The highest BCUT2D eigenvalue weighted by Crippen LogP contribution is 2.19. The first kappa shape index (κ1) is 11.1. The molecule has 13 heavy (non-hydrogen) atoms. The van der Waals surface area contributed by atoms with Crippen LogP contribution in [0, 0.1) is 0 Å². The molecular formula is C10H13BrOS. The minimum Gasteiger partial charge on any atom is -0.395 e. The van der Waals surface area contributed by atoms with Gasteiger partial charge in [0.05, 0.1) is 6.61 Å². The normalized spacial score (nSPS) is 12.8. The maximum absolute atomic E-state index is 8.84. The third kappa shape index (κ3) is 4.16. The fourth-order valence-electron chi connectivity index (χ4n) is 0.918. The Hall–Kier alpha value is 0.01000. The van der Waals surface area contributed by atoms with Crippen LogP contribution in [0.2, 0.25) is 0 Å². The lowest BCUT2D eigenvalue weighted by atomic mass is 10.2. The van der Waals surface area contributed by atoms with E-state index in [1.165, 1.54) is 5.56 Å². The lowest BCUT2D eigenvalue weighted by molar-refractivity contribution is 0.300. The van der Waals surface area contributed by atoms with E-state index in [4.69, 9.17) is 5.11 Å². The first-order valence-corrected chi connectivity index (χ1v) is 6.03. The van der Waals surface area contributed by atoms with E-state index >= 15 is 0 Å². The topological polar surface area (TPSA) is 20.2 Å². The Bertz CT molecular complexity index is 265. The lowest BCUT2D eigenvalue weighted by Crippen LogP contribution is -2.02. The van der Waals surface area contributed by atoms with E-state index in [1.807, 2.05) is 19.1 Å². The van der Waals surface area contributed by atoms with Crippen LogP contribution < -0.4 is 0 Å². The Balaban J connectivity index is 2.45. The van der Waals surface area contributed by atoms with E-state index in [9.17, 15) is 0 Å². The number of halogens is 1. The molecule has 1 atom stereocenters. The average molecular weight is 261 g/mol. The molecule has 1 aromatic rings. The largest absolute Gasteiger partial charge is 0.395 e. The number of aliphatic hydroxyl groups excluding tert-OH is 1. The molecule has 0 spiro atoms. The fourth-order valence-corrected chi connectivity index (χ4v) is 2.13. The second kappa shape index (κ2) is 5.68. The fraction of sp³-hybridized carbons (Fsp3) is 0.400. The molecule has 0 saturated heterocycles. The summed E-state index contributed by atoms with van der Waals surface area (Å²) < 4.78 is 1.11. The lowest BCUT2D eigenvalue weighted by Gasteiger charge is -2.07. The molecule has 0 saturated carbocycles. The number of aliphatic hydroxyl groups is 1. The molecule has 0 radical (unpaired) electrons. The van der Waals surface area contributed by atoms with Crippen molar-refractivity contribution >= 4 is 27.7 Å². The maximum Gasteiger partial charge on any atom is 0.0547 e. The van der Waals surface area contributed by atoms with Gasteiger partial charge in [-0.1, -0.05) is 35.0 Å². The Morgan fingerprint density at radius 3 is 2.92 bits per heavy atom. The average Bonchev–Trinajstić information content (AvgIpc) is 2.14. The zero-order chi connectivity index (χ0) is 9.68. The monoisotopic (exact) mass is 260 g/mol. The van der Waals surface area contributed by atoms with Gasteiger partial charge in [0.1, 0.15) is 0 Å². The van der Waals surface area contributed by atoms with Crippen LogP contribution in [-0.4, -0.2) is 17.0 Å². The van der Waals surface area contributed by atoms with Gasteiger partial charge in [0, 0.05) is 15.5 Å². The Kier molecular flexibility index (Phi) is 4.84. The van der Waals surface area contributed by atoms with Crippen molar-refractivity contribution < 1.29 is 5.11 Å². The predicted molar refractivity (Wildman–Crippen MR) is 62.0 cm³/mol. The summed E-state index contributed by atoms with van der Waals surface area (Å²) >= 11 is 5.19. The van der Waals surface area contributed by atoms with Crippen LogP contribution in [0.1, 0.15) is 12.5 Å². The van der Waals surface area contributed by atoms with E-state index in [1.54, 1.807) is 11.8 Å². The van der Waals surface area contributed by atoms with Crippen molar-refractivity contribution in [3.8, 4) is 0 Å². The number of hydrogen-bond acceptors (Lipinski definition) is 2. The second-order valence-corrected chi connectivity index (χ2v) is 5.28. The van der Waals surface area contributed by atoms with Gasteiger partial charge in [0.25, 0.3) is 0 Å². The Morgan fingerprint density at radius 2 is 2.31 bits per heavy atom. The number of thioether (sulfide) groups is 1. The van der Waals surface area contributed by atoms with Crippen LogP contribution in [0.15, 0.2) is 28.7 Å². The molecule has 1 nitrogen and oxygen atoms in total. The molecular weight excluding hydrogens is 248 g/mol. The van der Waals surface area contributed by atoms with Gasteiger partial charge in [0.2, 0.25) is 0 Å². The molecule has 3 heteroatoms. The molecule has 1 aromatic carbocycles. The van der Waals surface area contributed by atoms with Gasteiger partial charge in [0.15, 0.2) is 0 Å². The van der Waals surface area contributed by atoms with E-state index in [0.29, 0.717) is 5.25 Å². The van der Waals surface area contributed by atoms with E-state index in [-0.39, 0.29) is 6.61 Å². The molecule has 1 N–H and O–H groups in total.